The van der Waals surface area contributed by atoms with E-state index in [1.807, 2.05) is 0 Å². The summed E-state index contributed by atoms with van der Waals surface area (Å²) in [7, 11) is 0. The van der Waals surface area contributed by atoms with Gasteiger partial charge in [-0.25, -0.2) is 4.79 Å². The van der Waals surface area contributed by atoms with Gasteiger partial charge in [0.15, 0.2) is 50.3 Å². The summed E-state index contributed by atoms with van der Waals surface area (Å²) in [5, 5.41) is 301. The highest BCUT2D eigenvalue weighted by Gasteiger charge is 2.63. The Morgan fingerprint density at radius 1 is 0.339 bits per heavy atom. The molecule has 698 valence electrons. The normalized spacial score (nSPS) is 46.6. The Morgan fingerprint density at radius 3 is 1.03 bits per heavy atom. The molecule has 121 heavy (non-hydrogen) atoms. The summed E-state index contributed by atoms with van der Waals surface area (Å²) in [5.74, 6) is -10.1. The van der Waals surface area contributed by atoms with E-state index in [0.29, 0.717) is 0 Å². The molecule has 0 spiro atoms. The van der Waals surface area contributed by atoms with Gasteiger partial charge in [-0.2, -0.15) is 0 Å². The third kappa shape index (κ3) is 22.3. The Hall–Kier alpha value is -4.86. The van der Waals surface area contributed by atoms with Crippen molar-refractivity contribution in [1.82, 2.24) is 26.6 Å². The third-order valence-corrected chi connectivity index (χ3v) is 21.7. The molecular weight excluding hydrogens is 1660 g/mol. The van der Waals surface area contributed by atoms with Gasteiger partial charge in [-0.3, -0.25) is 24.0 Å². The van der Waals surface area contributed by atoms with Crippen molar-refractivity contribution in [3.05, 3.63) is 0 Å². The fourth-order valence-corrected chi connectivity index (χ4v) is 15.6. The molecule has 31 N–H and O–H groups in total. The van der Waals surface area contributed by atoms with Gasteiger partial charge in [0.1, 0.15) is 213 Å². The van der Waals surface area contributed by atoms with E-state index in [9.17, 15) is 162 Å². The van der Waals surface area contributed by atoms with E-state index in [4.69, 9.17) is 80.5 Å². The first-order valence-electron chi connectivity index (χ1n) is 38.3. The zero-order valence-electron chi connectivity index (χ0n) is 65.1. The number of carboxylic acid groups (broad SMARTS) is 1. The second-order valence-corrected chi connectivity index (χ2v) is 30.3. The SMILES string of the molecule is CC(=O)N[C@@H]1[C@@H](O)[C@H](O[C@@H]2O[C@H](CO)[C@H](O)[C@H](O[C@@H]3O[C@H](CO)[C@@H](O[C@@H]4O[C@H](CO[C@@H]5O[C@H](CO)[C@@H](O[C@@H]6O[C@H](CO)[C@H](O)[C@H](O)[C@H]6O)[C@H](O)[C@H]5NC(C)=O)[C@H](O)[C@H](O[C@@H]5O[C@H](CO)[C@@H](O[C@@H]6O[C@H](CO)[C@H](O)[C@H](O[C@]7(C(=O)O)C[C@H](O)[C@@H](NC(C)=O)[C@H]([C@H](O)[C@H](O)CO)O7)[C@H]6O)[C@H](O)[C@H]5NC(C)=O)[C@H]4O)[C@H](O)[C@H]3NC(C)=O)[C@H]2O)[C@@H](CO)O[C@H]1O. The number of aliphatic hydroxyl groups is 25. The number of rotatable bonds is 33. The molecule has 0 bridgehead atoms. The van der Waals surface area contributed by atoms with Crippen molar-refractivity contribution >= 4 is 35.5 Å². The van der Waals surface area contributed by atoms with Crippen molar-refractivity contribution in [3.8, 4) is 0 Å². The van der Waals surface area contributed by atoms with Crippen molar-refractivity contribution in [2.45, 2.75) is 323 Å². The average Bonchev–Trinajstić information content (AvgIpc) is 0.750. The van der Waals surface area contributed by atoms with E-state index in [2.05, 4.69) is 26.6 Å². The largest absolute Gasteiger partial charge is 0.477 e. The smallest absolute Gasteiger partial charge is 0.364 e. The molecule has 0 aromatic heterocycles. The molecule has 9 saturated heterocycles. The van der Waals surface area contributed by atoms with Crippen LogP contribution in [0.5, 0.6) is 0 Å². The lowest BCUT2D eigenvalue weighted by Crippen LogP contribution is -2.71. The molecule has 0 aromatic carbocycles. The van der Waals surface area contributed by atoms with Crippen molar-refractivity contribution in [3.63, 3.8) is 0 Å². The molecule has 0 aliphatic carbocycles. The molecule has 54 nitrogen and oxygen atoms in total. The number of amides is 5. The van der Waals surface area contributed by atoms with Gasteiger partial charge in [0, 0.05) is 41.0 Å². The number of ether oxygens (including phenoxy) is 17. The van der Waals surface area contributed by atoms with Crippen LogP contribution < -0.4 is 26.6 Å². The van der Waals surface area contributed by atoms with Crippen molar-refractivity contribution in [2.75, 3.05) is 59.5 Å². The van der Waals surface area contributed by atoms with Crippen LogP contribution in [-0.4, -0.2) is 509 Å². The van der Waals surface area contributed by atoms with Crippen LogP contribution in [0.15, 0.2) is 0 Å². The molecule has 0 saturated carbocycles. The highest BCUT2D eigenvalue weighted by molar-refractivity contribution is 5.77. The third-order valence-electron chi connectivity index (χ3n) is 21.7. The van der Waals surface area contributed by atoms with Gasteiger partial charge < -0.3 is 240 Å². The van der Waals surface area contributed by atoms with E-state index < -0.39 is 383 Å². The summed E-state index contributed by atoms with van der Waals surface area (Å²) >= 11 is 0. The van der Waals surface area contributed by atoms with E-state index in [0.717, 1.165) is 34.6 Å². The van der Waals surface area contributed by atoms with Gasteiger partial charge in [-0.15, -0.1) is 0 Å². The Kier molecular flexibility index (Phi) is 35.7. The first-order valence-corrected chi connectivity index (χ1v) is 38.3. The Morgan fingerprint density at radius 2 is 0.645 bits per heavy atom. The Labute approximate surface area is 684 Å². The maximum Gasteiger partial charge on any atom is 0.364 e. The van der Waals surface area contributed by atoms with Crippen LogP contribution in [0.1, 0.15) is 41.0 Å². The number of carbonyl (C=O) groups is 6. The fourth-order valence-electron chi connectivity index (χ4n) is 15.6. The number of nitrogens with one attached hydrogen (secondary N) is 5. The molecular formula is C67H111N5O49. The topological polar surface area (TPSA) is 845 Å². The number of hydrogen-bond acceptors (Lipinski definition) is 48. The Balaban J connectivity index is 1.02. The van der Waals surface area contributed by atoms with Gasteiger partial charge in [0.05, 0.1) is 71.6 Å². The second-order valence-electron chi connectivity index (χ2n) is 30.3. The fraction of sp³-hybridized carbons (Fsp3) is 0.910. The van der Waals surface area contributed by atoms with Crippen LogP contribution in [0.2, 0.25) is 0 Å². The highest BCUT2D eigenvalue weighted by atomic mass is 16.8. The number of aliphatic carboxylic acids is 1. The van der Waals surface area contributed by atoms with E-state index >= 15 is 0 Å². The molecule has 9 rings (SSSR count). The van der Waals surface area contributed by atoms with Crippen molar-refractivity contribution in [2.24, 2.45) is 0 Å². The first kappa shape index (κ1) is 99.9. The summed E-state index contributed by atoms with van der Waals surface area (Å²) in [6, 6.07) is -9.42. The summed E-state index contributed by atoms with van der Waals surface area (Å²) in [4.78, 5) is 76.9. The zero-order chi connectivity index (χ0) is 89.6. The molecule has 54 heteroatoms. The standard InChI is InChI=1S/C67H111N5O49/c1-16(81)68-31-21(86)6-67(66(103)104,120-54(31)36(88)22(87)7-73)121-57-39(91)25(10-76)109-65(49(57)101)117-53-29(14-80)112-61(35(44(53)96)72-20(5)85)119-56-40(92)30(15-105-59-33(70-18(3)83)42(94)51(27(12-78)110-59)114-62-46(98)45(97)37(89)23(8-74)107-62)113-64(48(56)100)116-52-28(13-79)111-60(34(43(52)95)71-19(4)84)118-55-38(90)24(9-75)108-63(47(55)99)115-50-26(11-77)106-58(102)32(41(50)93)69-17(2)82/h21-65,73-80,86-102H,6-15H2,1-5H3,(H,68,81)(H,69,82)(H,70,83)(H,71,84)(H,72,85)(H,103,104)/t21-,22+,23+,24+,25+,26+,27+,28+,29+,30+,31+,32+,33+,34+,35+,36+,37-,38-,39-,40-,41+,42+,43+,44+,45-,46+,47+,48+,49+,50+,51+,52+,53+,54+,55-,56-,57-,58+,59+,60-,61-,62-,63-,64-,65-,67-/m0/s1. The number of aliphatic hydroxyl groups excluding tert-OH is 25. The minimum absolute atomic E-state index is 0.783. The summed E-state index contributed by atoms with van der Waals surface area (Å²) < 4.78 is 100.0. The molecule has 5 amide bonds. The molecule has 0 unspecified atom stereocenters. The van der Waals surface area contributed by atoms with Crippen molar-refractivity contribution in [1.29, 1.82) is 0 Å². The lowest BCUT2D eigenvalue weighted by Gasteiger charge is -2.51. The molecule has 46 atom stereocenters. The molecule has 0 radical (unpaired) electrons. The van der Waals surface area contributed by atoms with Crippen LogP contribution in [0.4, 0.5) is 0 Å². The minimum atomic E-state index is -3.32. The molecule has 9 heterocycles. The monoisotopic (exact) mass is 1770 g/mol. The van der Waals surface area contributed by atoms with Crippen LogP contribution in [0.3, 0.4) is 0 Å². The van der Waals surface area contributed by atoms with E-state index in [-0.39, 0.29) is 0 Å². The van der Waals surface area contributed by atoms with Crippen LogP contribution in [-0.2, 0) is 109 Å². The van der Waals surface area contributed by atoms with Gasteiger partial charge in [-0.1, -0.05) is 0 Å². The first-order chi connectivity index (χ1) is 57.1. The maximum atomic E-state index is 13.3. The minimum Gasteiger partial charge on any atom is -0.477 e. The Bertz CT molecular complexity index is 3340. The summed E-state index contributed by atoms with van der Waals surface area (Å²) in [5.41, 5.74) is 0. The van der Waals surface area contributed by atoms with Gasteiger partial charge in [0.2, 0.25) is 29.5 Å². The van der Waals surface area contributed by atoms with E-state index in [1.165, 1.54) is 0 Å². The number of carboxylic acids is 1. The maximum absolute atomic E-state index is 13.3. The molecule has 0 aromatic rings. The van der Waals surface area contributed by atoms with Gasteiger partial charge in [0.25, 0.3) is 5.79 Å². The van der Waals surface area contributed by atoms with Gasteiger partial charge >= 0.3 is 5.97 Å². The lowest BCUT2D eigenvalue weighted by molar-refractivity contribution is -0.392. The molecule has 9 aliphatic rings. The molecule has 9 fully saturated rings. The van der Waals surface area contributed by atoms with Crippen LogP contribution in [0.25, 0.3) is 0 Å². The predicted molar refractivity (Wildman–Crippen MR) is 372 cm³/mol. The summed E-state index contributed by atoms with van der Waals surface area (Å²) in [6.45, 7) is -5.63. The zero-order valence-corrected chi connectivity index (χ0v) is 65.1. The number of hydrogen-bond donors (Lipinski definition) is 31. The lowest BCUT2D eigenvalue weighted by atomic mass is 9.88. The highest BCUT2D eigenvalue weighted by Crippen LogP contribution is 2.42. The van der Waals surface area contributed by atoms with Gasteiger partial charge in [-0.05, 0) is 0 Å². The number of carbonyl (C=O) groups excluding carboxylic acids is 5. The average molecular weight is 1770 g/mol. The van der Waals surface area contributed by atoms with E-state index in [1.54, 1.807) is 0 Å². The summed E-state index contributed by atoms with van der Waals surface area (Å²) in [6.07, 6.45) is -86.8. The molecule has 9 aliphatic heterocycles. The van der Waals surface area contributed by atoms with Crippen molar-refractivity contribution < 1.29 is 242 Å². The quantitative estimate of drug-likeness (QED) is 0.0290. The second kappa shape index (κ2) is 43.3. The predicted octanol–water partition coefficient (Wildman–Crippen LogP) is -20.7. The van der Waals surface area contributed by atoms with Crippen LogP contribution in [0, 0.1) is 0 Å². The van der Waals surface area contributed by atoms with Crippen LogP contribution >= 0.6 is 0 Å².